The van der Waals surface area contributed by atoms with E-state index in [2.05, 4.69) is 27.8 Å². The minimum absolute atomic E-state index is 0.105. The molecule has 1 N–H and O–H groups in total. The number of thioether (sulfide) groups is 1. The second kappa shape index (κ2) is 13.5. The van der Waals surface area contributed by atoms with Crippen molar-refractivity contribution in [2.24, 2.45) is 0 Å². The second-order valence-electron chi connectivity index (χ2n) is 7.78. The first kappa shape index (κ1) is 28.5. The number of halogens is 2. The molecule has 0 saturated carbocycles. The van der Waals surface area contributed by atoms with Crippen molar-refractivity contribution in [3.63, 3.8) is 0 Å². The fraction of sp³-hybridized carbons (Fsp3) is 0.231. The van der Waals surface area contributed by atoms with Crippen LogP contribution in [0.4, 0.5) is 10.5 Å². The number of carbonyl (C=O) groups excluding carboxylic acids is 4. The highest BCUT2D eigenvalue weighted by atomic mass is 79.9. The molecule has 3 rings (SSSR count). The lowest BCUT2D eigenvalue weighted by Crippen LogP contribution is -2.36. The van der Waals surface area contributed by atoms with Crippen molar-refractivity contribution >= 4 is 74.1 Å². The summed E-state index contributed by atoms with van der Waals surface area (Å²) in [5.74, 6) is -1.31. The molecule has 1 heterocycles. The Morgan fingerprint density at radius 3 is 2.73 bits per heavy atom. The average molecular weight is 608 g/mol. The summed E-state index contributed by atoms with van der Waals surface area (Å²) in [6.45, 7) is 5.63. The molecule has 2 aromatic carbocycles. The predicted octanol–water partition coefficient (Wildman–Crippen LogP) is 6.30. The molecule has 0 spiro atoms. The van der Waals surface area contributed by atoms with E-state index < -0.39 is 29.6 Å². The molecule has 0 aliphatic carbocycles. The number of benzene rings is 2. The maximum atomic E-state index is 12.9. The number of esters is 1. The second-order valence-corrected chi connectivity index (χ2v) is 10.1. The zero-order valence-corrected chi connectivity index (χ0v) is 23.1. The molecule has 1 aliphatic heterocycles. The number of carbonyl (C=O) groups is 4. The Bertz CT molecular complexity index is 1270. The van der Waals surface area contributed by atoms with Crippen LogP contribution < -0.4 is 10.1 Å². The summed E-state index contributed by atoms with van der Waals surface area (Å²) < 4.78 is 11.6. The molecule has 1 aliphatic rings. The van der Waals surface area contributed by atoms with E-state index in [1.54, 1.807) is 30.4 Å². The minimum Gasteiger partial charge on any atom is -0.489 e. The lowest BCUT2D eigenvalue weighted by molar-refractivity contribution is -0.127. The third kappa shape index (κ3) is 7.70. The van der Waals surface area contributed by atoms with Crippen LogP contribution in [0.1, 0.15) is 35.7 Å². The van der Waals surface area contributed by atoms with Crippen LogP contribution in [-0.4, -0.2) is 47.7 Å². The monoisotopic (exact) mass is 606 g/mol. The van der Waals surface area contributed by atoms with Crippen LogP contribution >= 0.6 is 39.3 Å². The molecule has 0 bridgehead atoms. The molecule has 2 aromatic rings. The molecular weight excluding hydrogens is 584 g/mol. The SMILES string of the molecule is C=CCOc1ccc(Br)cc1/C=C1/SC(=O)N(CC(=O)Nc2ccc(Cl)c(C(=O)OCCCC)c2)C1=O. The number of ether oxygens (including phenoxy) is 2. The van der Waals surface area contributed by atoms with E-state index in [1.807, 2.05) is 6.92 Å². The van der Waals surface area contributed by atoms with Gasteiger partial charge >= 0.3 is 5.97 Å². The van der Waals surface area contributed by atoms with E-state index in [9.17, 15) is 19.2 Å². The summed E-state index contributed by atoms with van der Waals surface area (Å²) in [4.78, 5) is 51.4. The van der Waals surface area contributed by atoms with Gasteiger partial charge in [-0.1, -0.05) is 53.5 Å². The number of nitrogens with one attached hydrogen (secondary N) is 1. The van der Waals surface area contributed by atoms with Gasteiger partial charge in [0, 0.05) is 15.7 Å². The van der Waals surface area contributed by atoms with Gasteiger partial charge in [-0.05, 0) is 60.7 Å². The zero-order valence-electron chi connectivity index (χ0n) is 19.9. The number of hydrogen-bond acceptors (Lipinski definition) is 7. The van der Waals surface area contributed by atoms with Gasteiger partial charge in [0.15, 0.2) is 0 Å². The van der Waals surface area contributed by atoms with Crippen molar-refractivity contribution in [1.29, 1.82) is 0 Å². The van der Waals surface area contributed by atoms with Crippen molar-refractivity contribution < 1.29 is 28.7 Å². The summed E-state index contributed by atoms with van der Waals surface area (Å²) in [6.07, 6.45) is 4.73. The smallest absolute Gasteiger partial charge is 0.339 e. The van der Waals surface area contributed by atoms with E-state index in [4.69, 9.17) is 21.1 Å². The molecule has 194 valence electrons. The Labute approximate surface area is 232 Å². The predicted molar refractivity (Wildman–Crippen MR) is 148 cm³/mol. The van der Waals surface area contributed by atoms with Crippen molar-refractivity contribution in [3.8, 4) is 5.75 Å². The number of imide groups is 1. The molecule has 37 heavy (non-hydrogen) atoms. The third-order valence-electron chi connectivity index (χ3n) is 4.99. The summed E-state index contributed by atoms with van der Waals surface area (Å²) >= 11 is 10.2. The van der Waals surface area contributed by atoms with E-state index in [0.717, 1.165) is 34.0 Å². The summed E-state index contributed by atoms with van der Waals surface area (Å²) in [5.41, 5.74) is 0.969. The lowest BCUT2D eigenvalue weighted by Gasteiger charge is -2.13. The van der Waals surface area contributed by atoms with Crippen molar-refractivity contribution in [1.82, 2.24) is 4.90 Å². The topological polar surface area (TPSA) is 102 Å². The van der Waals surface area contributed by atoms with Gasteiger partial charge < -0.3 is 14.8 Å². The van der Waals surface area contributed by atoms with Crippen molar-refractivity contribution in [2.75, 3.05) is 25.1 Å². The lowest BCUT2D eigenvalue weighted by atomic mass is 10.2. The molecular formula is C26H24BrClN2O6S. The number of hydrogen-bond donors (Lipinski definition) is 1. The minimum atomic E-state index is -0.617. The van der Waals surface area contributed by atoms with Crippen LogP contribution in [0.3, 0.4) is 0 Å². The van der Waals surface area contributed by atoms with Crippen LogP contribution in [0, 0.1) is 0 Å². The Hall–Kier alpha value is -3.08. The van der Waals surface area contributed by atoms with E-state index in [-0.39, 0.29) is 34.4 Å². The maximum Gasteiger partial charge on any atom is 0.339 e. The molecule has 1 saturated heterocycles. The zero-order chi connectivity index (χ0) is 26.9. The van der Waals surface area contributed by atoms with Gasteiger partial charge in [-0.25, -0.2) is 4.79 Å². The molecule has 11 heteroatoms. The standard InChI is InChI=1S/C26H24BrClN2O6S/c1-3-5-11-36-25(33)19-14-18(7-8-20(19)28)29-23(31)15-30-24(32)22(37-26(30)34)13-16-12-17(27)6-9-21(16)35-10-4-2/h4,6-9,12-14H,2-3,5,10-11,15H2,1H3,(H,29,31)/b22-13+. The van der Waals surface area contributed by atoms with Gasteiger partial charge in [0.05, 0.1) is 22.1 Å². The Morgan fingerprint density at radius 2 is 2.00 bits per heavy atom. The first-order chi connectivity index (χ1) is 17.7. The summed E-state index contributed by atoms with van der Waals surface area (Å²) in [5, 5.41) is 2.19. The van der Waals surface area contributed by atoms with E-state index in [0.29, 0.717) is 11.3 Å². The highest BCUT2D eigenvalue weighted by Gasteiger charge is 2.36. The van der Waals surface area contributed by atoms with Crippen LogP contribution in [0.5, 0.6) is 5.75 Å². The Morgan fingerprint density at radius 1 is 1.22 bits per heavy atom. The van der Waals surface area contributed by atoms with Crippen LogP contribution in [0.2, 0.25) is 5.02 Å². The van der Waals surface area contributed by atoms with Gasteiger partial charge in [-0.3, -0.25) is 19.3 Å². The van der Waals surface area contributed by atoms with Gasteiger partial charge in [0.25, 0.3) is 11.1 Å². The quantitative estimate of drug-likeness (QED) is 0.138. The van der Waals surface area contributed by atoms with Crippen molar-refractivity contribution in [2.45, 2.75) is 19.8 Å². The number of anilines is 1. The third-order valence-corrected chi connectivity index (χ3v) is 6.72. The summed E-state index contributed by atoms with van der Waals surface area (Å²) in [6, 6.07) is 9.63. The number of nitrogens with zero attached hydrogens (tertiary/aromatic N) is 1. The molecule has 3 amide bonds. The molecule has 8 nitrogen and oxygen atoms in total. The van der Waals surface area contributed by atoms with Gasteiger partial charge in [-0.15, -0.1) is 0 Å². The molecule has 0 aromatic heterocycles. The normalized spacial score (nSPS) is 14.1. The average Bonchev–Trinajstić information content (AvgIpc) is 3.12. The largest absolute Gasteiger partial charge is 0.489 e. The van der Waals surface area contributed by atoms with Crippen LogP contribution in [-0.2, 0) is 14.3 Å². The number of rotatable bonds is 11. The summed E-state index contributed by atoms with van der Waals surface area (Å²) in [7, 11) is 0. The number of unbranched alkanes of at least 4 members (excludes halogenated alkanes) is 1. The van der Waals surface area contributed by atoms with Crippen LogP contribution in [0.15, 0.2) is 58.4 Å². The first-order valence-electron chi connectivity index (χ1n) is 11.3. The van der Waals surface area contributed by atoms with Crippen LogP contribution in [0.25, 0.3) is 6.08 Å². The molecule has 0 atom stereocenters. The highest BCUT2D eigenvalue weighted by molar-refractivity contribution is 9.10. The van der Waals surface area contributed by atoms with Gasteiger partial charge in [0.2, 0.25) is 5.91 Å². The van der Waals surface area contributed by atoms with Crippen molar-refractivity contribution in [3.05, 3.63) is 74.6 Å². The van der Waals surface area contributed by atoms with E-state index >= 15 is 0 Å². The maximum absolute atomic E-state index is 12.9. The Kier molecular flexibility index (Phi) is 10.4. The fourth-order valence-electron chi connectivity index (χ4n) is 3.18. The number of amides is 3. The molecule has 0 unspecified atom stereocenters. The van der Waals surface area contributed by atoms with Gasteiger partial charge in [-0.2, -0.15) is 0 Å². The highest BCUT2D eigenvalue weighted by Crippen LogP contribution is 2.35. The molecule has 0 radical (unpaired) electrons. The molecule has 1 fully saturated rings. The Balaban J connectivity index is 1.70. The first-order valence-corrected chi connectivity index (χ1v) is 13.3. The fourth-order valence-corrected chi connectivity index (χ4v) is 4.58. The van der Waals surface area contributed by atoms with Gasteiger partial charge in [0.1, 0.15) is 18.9 Å². The van der Waals surface area contributed by atoms with E-state index in [1.165, 1.54) is 18.2 Å².